The number of carbonyl (C=O) groups is 1. The molecule has 0 aliphatic heterocycles. The van der Waals surface area contributed by atoms with Crippen LogP contribution in [0.3, 0.4) is 0 Å². The lowest BCUT2D eigenvalue weighted by molar-refractivity contribution is 0.103. The molecule has 0 saturated carbocycles. The number of nitrogens with one attached hydrogen (secondary N) is 2. The van der Waals surface area contributed by atoms with Crippen LogP contribution in [0, 0.1) is 0 Å². The van der Waals surface area contributed by atoms with Gasteiger partial charge < -0.3 is 5.32 Å². The van der Waals surface area contributed by atoms with Crippen molar-refractivity contribution in [1.82, 2.24) is 15.4 Å². The van der Waals surface area contributed by atoms with Gasteiger partial charge in [0.05, 0.1) is 14.9 Å². The smallest absolute Gasteiger partial charge is 0.265 e. The minimum absolute atomic E-state index is 0.127. The van der Waals surface area contributed by atoms with Gasteiger partial charge in [-0.2, -0.15) is 15.4 Å². The molecule has 100 valence electrons. The van der Waals surface area contributed by atoms with E-state index >= 15 is 0 Å². The van der Waals surface area contributed by atoms with E-state index in [9.17, 15) is 4.79 Å². The highest BCUT2D eigenvalue weighted by molar-refractivity contribution is 9.11. The summed E-state index contributed by atoms with van der Waals surface area (Å²) < 4.78 is 0.930. The first kappa shape index (κ1) is 13.0. The first-order chi connectivity index (χ1) is 9.72. The Kier molecular flexibility index (Phi) is 3.62. The number of H-pyrrole nitrogens is 1. The third-order valence-corrected chi connectivity index (χ3v) is 4.25. The van der Waals surface area contributed by atoms with Crippen LogP contribution in [0.15, 0.2) is 46.4 Å². The van der Waals surface area contributed by atoms with Gasteiger partial charge in [0.2, 0.25) is 0 Å². The highest BCUT2D eigenvalue weighted by Gasteiger charge is 2.09. The van der Waals surface area contributed by atoms with Crippen LogP contribution in [0.4, 0.5) is 5.69 Å². The fourth-order valence-corrected chi connectivity index (χ4v) is 3.01. The lowest BCUT2D eigenvalue weighted by Crippen LogP contribution is -2.09. The summed E-state index contributed by atoms with van der Waals surface area (Å²) in [5.74, 6) is -0.127. The molecule has 3 aromatic rings. The largest absolute Gasteiger partial charge is 0.321 e. The van der Waals surface area contributed by atoms with Crippen molar-refractivity contribution in [3.8, 4) is 11.3 Å². The maximum absolute atomic E-state index is 12.1. The number of carbonyl (C=O) groups excluding carboxylic acids is 1. The van der Waals surface area contributed by atoms with Crippen LogP contribution >= 0.6 is 27.3 Å². The molecule has 0 radical (unpaired) electrons. The van der Waals surface area contributed by atoms with Gasteiger partial charge >= 0.3 is 0 Å². The maximum atomic E-state index is 12.1. The molecule has 5 nitrogen and oxygen atoms in total. The topological polar surface area (TPSA) is 70.7 Å². The fraction of sp³-hybridized carbons (Fsp3) is 0. The summed E-state index contributed by atoms with van der Waals surface area (Å²) in [5.41, 5.74) is 2.35. The third kappa shape index (κ3) is 2.78. The van der Waals surface area contributed by atoms with Crippen molar-refractivity contribution in [2.45, 2.75) is 0 Å². The van der Waals surface area contributed by atoms with Gasteiger partial charge in [0.15, 0.2) is 0 Å². The van der Waals surface area contributed by atoms with Crippen molar-refractivity contribution >= 4 is 38.9 Å². The summed E-state index contributed by atoms with van der Waals surface area (Å²) in [5, 5.41) is 13.2. The van der Waals surface area contributed by atoms with Gasteiger partial charge in [-0.3, -0.25) is 4.79 Å². The molecule has 0 unspecified atom stereocenters. The van der Waals surface area contributed by atoms with Gasteiger partial charge in [-0.15, -0.1) is 11.3 Å². The average molecular weight is 349 g/mol. The van der Waals surface area contributed by atoms with Gasteiger partial charge in [0.1, 0.15) is 5.69 Å². The predicted octanol–water partition coefficient (Wildman–Crippen LogP) is 3.55. The minimum atomic E-state index is -0.127. The number of hydrogen-bond donors (Lipinski definition) is 2. The Labute approximate surface area is 127 Å². The Balaban J connectivity index is 1.81. The molecule has 20 heavy (non-hydrogen) atoms. The van der Waals surface area contributed by atoms with Crippen LogP contribution in [0.1, 0.15) is 9.67 Å². The monoisotopic (exact) mass is 348 g/mol. The Hall–Kier alpha value is -1.99. The van der Waals surface area contributed by atoms with Crippen molar-refractivity contribution in [2.75, 3.05) is 5.32 Å². The quantitative estimate of drug-likeness (QED) is 0.760. The van der Waals surface area contributed by atoms with Crippen LogP contribution in [-0.2, 0) is 0 Å². The summed E-state index contributed by atoms with van der Waals surface area (Å²) in [4.78, 5) is 12.7. The molecule has 2 heterocycles. The highest BCUT2D eigenvalue weighted by atomic mass is 79.9. The SMILES string of the molecule is O=C(Nc1cccc(-c2cn[nH]n2)c1)c1ccc(Br)s1. The fourth-order valence-electron chi connectivity index (χ4n) is 1.73. The van der Waals surface area contributed by atoms with Gasteiger partial charge in [-0.25, -0.2) is 0 Å². The molecule has 7 heteroatoms. The van der Waals surface area contributed by atoms with Crippen LogP contribution in [0.2, 0.25) is 0 Å². The van der Waals surface area contributed by atoms with Gasteiger partial charge in [-0.1, -0.05) is 12.1 Å². The summed E-state index contributed by atoms with van der Waals surface area (Å²) >= 11 is 4.74. The molecule has 3 rings (SSSR count). The zero-order chi connectivity index (χ0) is 13.9. The summed E-state index contributed by atoms with van der Waals surface area (Å²) in [7, 11) is 0. The van der Waals surface area contributed by atoms with Crippen molar-refractivity contribution < 1.29 is 4.79 Å². The predicted molar refractivity (Wildman–Crippen MR) is 81.8 cm³/mol. The number of benzene rings is 1. The minimum Gasteiger partial charge on any atom is -0.321 e. The normalized spacial score (nSPS) is 10.4. The standard InChI is InChI=1S/C13H9BrN4OS/c14-12-5-4-11(20-12)13(19)16-9-3-1-2-8(6-9)10-7-15-18-17-10/h1-7H,(H,16,19)(H,15,17,18). The number of halogens is 1. The molecule has 0 atom stereocenters. The molecular weight excluding hydrogens is 340 g/mol. The van der Waals surface area contributed by atoms with Gasteiger partial charge in [0, 0.05) is 11.3 Å². The van der Waals surface area contributed by atoms with E-state index < -0.39 is 0 Å². The summed E-state index contributed by atoms with van der Waals surface area (Å²) in [6.07, 6.45) is 1.64. The van der Waals surface area contributed by atoms with E-state index in [1.54, 1.807) is 12.3 Å². The van der Waals surface area contributed by atoms with Crippen LogP contribution in [0.5, 0.6) is 0 Å². The Morgan fingerprint density at radius 2 is 2.20 bits per heavy atom. The molecule has 1 amide bonds. The molecule has 0 fully saturated rings. The second-order valence-corrected chi connectivity index (χ2v) is 6.46. The number of hydrogen-bond acceptors (Lipinski definition) is 4. The number of nitrogens with zero attached hydrogens (tertiary/aromatic N) is 2. The second kappa shape index (κ2) is 5.56. The molecular formula is C13H9BrN4OS. The molecule has 0 spiro atoms. The molecule has 0 bridgehead atoms. The average Bonchev–Trinajstić information content (AvgIpc) is 3.10. The number of aromatic amines is 1. The number of aromatic nitrogens is 3. The number of amides is 1. The van der Waals surface area contributed by atoms with Gasteiger partial charge in [0.25, 0.3) is 5.91 Å². The van der Waals surface area contributed by atoms with Crippen molar-refractivity contribution in [1.29, 1.82) is 0 Å². The first-order valence-electron chi connectivity index (χ1n) is 5.75. The van der Waals surface area contributed by atoms with Crippen LogP contribution < -0.4 is 5.32 Å². The Bertz CT molecular complexity index is 738. The number of anilines is 1. The lowest BCUT2D eigenvalue weighted by Gasteiger charge is -2.05. The lowest BCUT2D eigenvalue weighted by atomic mass is 10.1. The summed E-state index contributed by atoms with van der Waals surface area (Å²) in [6, 6.07) is 11.1. The number of rotatable bonds is 3. The van der Waals surface area contributed by atoms with Crippen molar-refractivity contribution in [2.24, 2.45) is 0 Å². The van der Waals surface area contributed by atoms with E-state index in [4.69, 9.17) is 0 Å². The van der Waals surface area contributed by atoms with Crippen LogP contribution in [0.25, 0.3) is 11.3 Å². The van der Waals surface area contributed by atoms with Crippen molar-refractivity contribution in [3.05, 3.63) is 51.3 Å². The highest BCUT2D eigenvalue weighted by Crippen LogP contribution is 2.24. The van der Waals surface area contributed by atoms with E-state index in [0.29, 0.717) is 4.88 Å². The summed E-state index contributed by atoms with van der Waals surface area (Å²) in [6.45, 7) is 0. The second-order valence-electron chi connectivity index (χ2n) is 3.99. The van der Waals surface area contributed by atoms with E-state index in [1.807, 2.05) is 30.3 Å². The molecule has 0 aliphatic carbocycles. The molecule has 2 N–H and O–H groups in total. The van der Waals surface area contributed by atoms with E-state index in [2.05, 4.69) is 36.7 Å². The number of thiophene rings is 1. The third-order valence-electron chi connectivity index (χ3n) is 2.63. The van der Waals surface area contributed by atoms with E-state index in [1.165, 1.54) is 11.3 Å². The molecule has 0 saturated heterocycles. The van der Waals surface area contributed by atoms with Gasteiger partial charge in [-0.05, 0) is 40.2 Å². The van der Waals surface area contributed by atoms with Crippen LogP contribution in [-0.4, -0.2) is 21.3 Å². The van der Waals surface area contributed by atoms with Crippen molar-refractivity contribution in [3.63, 3.8) is 0 Å². The Morgan fingerprint density at radius 3 is 2.90 bits per heavy atom. The zero-order valence-corrected chi connectivity index (χ0v) is 12.5. The molecule has 0 aliphatic rings. The molecule has 1 aromatic carbocycles. The van der Waals surface area contributed by atoms with E-state index in [0.717, 1.165) is 20.7 Å². The first-order valence-corrected chi connectivity index (χ1v) is 7.36. The maximum Gasteiger partial charge on any atom is 0.265 e. The molecule has 2 aromatic heterocycles. The Morgan fingerprint density at radius 1 is 1.30 bits per heavy atom. The van der Waals surface area contributed by atoms with E-state index in [-0.39, 0.29) is 5.91 Å². The zero-order valence-electron chi connectivity index (χ0n) is 10.1.